The van der Waals surface area contributed by atoms with Crippen LogP contribution in [0.1, 0.15) is 25.3 Å². The molecule has 2 nitrogen and oxygen atoms in total. The Morgan fingerprint density at radius 1 is 1.33 bits per heavy atom. The van der Waals surface area contributed by atoms with Gasteiger partial charge < -0.3 is 9.64 Å². The summed E-state index contributed by atoms with van der Waals surface area (Å²) < 4.78 is 5.16. The zero-order chi connectivity index (χ0) is 13.0. The largest absolute Gasteiger partial charge is 0.497 e. The Morgan fingerprint density at radius 2 is 2.06 bits per heavy atom. The molecule has 0 bridgehead atoms. The third-order valence-corrected chi connectivity index (χ3v) is 3.91. The maximum atomic E-state index is 6.43. The summed E-state index contributed by atoms with van der Waals surface area (Å²) in [6.07, 6.45) is 3.42. The number of piperidine rings is 1. The predicted molar refractivity (Wildman–Crippen MR) is 76.6 cm³/mol. The van der Waals surface area contributed by atoms with Crippen molar-refractivity contribution >= 4 is 11.6 Å². The predicted octanol–water partition coefficient (Wildman–Crippen LogP) is 3.33. The van der Waals surface area contributed by atoms with Crippen LogP contribution in [0.15, 0.2) is 24.3 Å². The molecule has 1 aliphatic heterocycles. The molecule has 0 amide bonds. The van der Waals surface area contributed by atoms with Crippen LogP contribution in [0.2, 0.25) is 0 Å². The SMILES string of the molecule is COc1ccc(CCN2CCC[C@@](C)(Cl)C2)cc1. The first kappa shape index (κ1) is 13.7. The summed E-state index contributed by atoms with van der Waals surface area (Å²) in [7, 11) is 1.70. The molecule has 18 heavy (non-hydrogen) atoms. The Kier molecular flexibility index (Phi) is 4.52. The highest BCUT2D eigenvalue weighted by molar-refractivity contribution is 6.23. The van der Waals surface area contributed by atoms with E-state index in [1.807, 2.05) is 12.1 Å². The van der Waals surface area contributed by atoms with E-state index in [0.29, 0.717) is 0 Å². The second-order valence-electron chi connectivity index (χ2n) is 5.39. The molecule has 2 rings (SSSR count). The lowest BCUT2D eigenvalue weighted by molar-refractivity contribution is 0.199. The highest BCUT2D eigenvalue weighted by Crippen LogP contribution is 2.27. The van der Waals surface area contributed by atoms with Crippen molar-refractivity contribution in [2.75, 3.05) is 26.7 Å². The van der Waals surface area contributed by atoms with Crippen molar-refractivity contribution in [2.24, 2.45) is 0 Å². The smallest absolute Gasteiger partial charge is 0.118 e. The van der Waals surface area contributed by atoms with Gasteiger partial charge in [0.1, 0.15) is 5.75 Å². The first-order valence-corrected chi connectivity index (χ1v) is 7.01. The second-order valence-corrected chi connectivity index (χ2v) is 6.30. The molecule has 0 N–H and O–H groups in total. The lowest BCUT2D eigenvalue weighted by Crippen LogP contribution is -2.43. The molecule has 1 atom stereocenters. The van der Waals surface area contributed by atoms with Crippen molar-refractivity contribution in [1.82, 2.24) is 4.90 Å². The molecule has 1 fully saturated rings. The van der Waals surface area contributed by atoms with Crippen molar-refractivity contribution in [3.8, 4) is 5.75 Å². The molecular weight excluding hydrogens is 246 g/mol. The molecule has 1 heterocycles. The summed E-state index contributed by atoms with van der Waals surface area (Å²) in [6.45, 7) is 5.42. The fraction of sp³-hybridized carbons (Fsp3) is 0.600. The van der Waals surface area contributed by atoms with Crippen LogP contribution in [0.4, 0.5) is 0 Å². The van der Waals surface area contributed by atoms with Gasteiger partial charge in [0.25, 0.3) is 0 Å². The second kappa shape index (κ2) is 5.94. The van der Waals surface area contributed by atoms with E-state index in [4.69, 9.17) is 16.3 Å². The van der Waals surface area contributed by atoms with Gasteiger partial charge >= 0.3 is 0 Å². The topological polar surface area (TPSA) is 12.5 Å². The van der Waals surface area contributed by atoms with Crippen molar-refractivity contribution in [1.29, 1.82) is 0 Å². The van der Waals surface area contributed by atoms with Gasteiger partial charge in [-0.3, -0.25) is 0 Å². The van der Waals surface area contributed by atoms with Crippen LogP contribution in [0.3, 0.4) is 0 Å². The fourth-order valence-electron chi connectivity index (χ4n) is 2.57. The Balaban J connectivity index is 1.83. The van der Waals surface area contributed by atoms with Gasteiger partial charge in [-0.2, -0.15) is 0 Å². The summed E-state index contributed by atoms with van der Waals surface area (Å²) in [5, 5.41) is 0. The van der Waals surface area contributed by atoms with Crippen LogP contribution in [0.5, 0.6) is 5.75 Å². The molecule has 0 saturated carbocycles. The number of methoxy groups -OCH3 is 1. The molecule has 1 aromatic rings. The van der Waals surface area contributed by atoms with Crippen molar-refractivity contribution in [3.05, 3.63) is 29.8 Å². The summed E-state index contributed by atoms with van der Waals surface area (Å²) in [5.41, 5.74) is 1.36. The van der Waals surface area contributed by atoms with Crippen LogP contribution in [0, 0.1) is 0 Å². The Bertz CT molecular complexity index is 375. The van der Waals surface area contributed by atoms with E-state index in [2.05, 4.69) is 24.0 Å². The number of ether oxygens (including phenoxy) is 1. The standard InChI is InChI=1S/C15H22ClNO/c1-15(16)9-3-10-17(12-15)11-8-13-4-6-14(18-2)7-5-13/h4-7H,3,8-12H2,1-2H3/t15-/m1/s1. The minimum atomic E-state index is -0.0296. The van der Waals surface area contributed by atoms with E-state index in [9.17, 15) is 0 Å². The van der Waals surface area contributed by atoms with Crippen LogP contribution in [-0.2, 0) is 6.42 Å². The lowest BCUT2D eigenvalue weighted by Gasteiger charge is -2.36. The number of likely N-dealkylation sites (tertiary alicyclic amines) is 1. The zero-order valence-corrected chi connectivity index (χ0v) is 12.0. The zero-order valence-electron chi connectivity index (χ0n) is 11.3. The molecule has 100 valence electrons. The summed E-state index contributed by atoms with van der Waals surface area (Å²) in [5.74, 6) is 0.921. The van der Waals surface area contributed by atoms with Gasteiger partial charge in [-0.05, 0) is 50.4 Å². The van der Waals surface area contributed by atoms with E-state index in [1.165, 1.54) is 18.5 Å². The van der Waals surface area contributed by atoms with Crippen LogP contribution in [-0.4, -0.2) is 36.5 Å². The number of hydrogen-bond donors (Lipinski definition) is 0. The fourth-order valence-corrected chi connectivity index (χ4v) is 2.87. The molecule has 0 aliphatic carbocycles. The summed E-state index contributed by atoms with van der Waals surface area (Å²) in [4.78, 5) is 2.44. The number of nitrogens with zero attached hydrogens (tertiary/aromatic N) is 1. The van der Waals surface area contributed by atoms with Crippen molar-refractivity contribution in [2.45, 2.75) is 31.1 Å². The normalized spacial score (nSPS) is 25.1. The monoisotopic (exact) mass is 267 g/mol. The molecule has 1 aromatic carbocycles. The first-order valence-electron chi connectivity index (χ1n) is 6.63. The quantitative estimate of drug-likeness (QED) is 0.776. The van der Waals surface area contributed by atoms with Crippen molar-refractivity contribution < 1.29 is 4.74 Å². The maximum Gasteiger partial charge on any atom is 0.118 e. The van der Waals surface area contributed by atoms with Gasteiger partial charge in [-0.25, -0.2) is 0 Å². The van der Waals surface area contributed by atoms with Crippen LogP contribution in [0.25, 0.3) is 0 Å². The number of halogens is 1. The van der Waals surface area contributed by atoms with E-state index in [1.54, 1.807) is 7.11 Å². The molecule has 0 radical (unpaired) electrons. The average molecular weight is 268 g/mol. The summed E-state index contributed by atoms with van der Waals surface area (Å²) in [6, 6.07) is 8.33. The third kappa shape index (κ3) is 3.89. The highest BCUT2D eigenvalue weighted by Gasteiger charge is 2.28. The average Bonchev–Trinajstić information content (AvgIpc) is 2.36. The van der Waals surface area contributed by atoms with Crippen LogP contribution >= 0.6 is 11.6 Å². The molecule has 0 spiro atoms. The highest BCUT2D eigenvalue weighted by atomic mass is 35.5. The van der Waals surface area contributed by atoms with Gasteiger partial charge in [0, 0.05) is 13.1 Å². The minimum absolute atomic E-state index is 0.0296. The number of alkyl halides is 1. The van der Waals surface area contributed by atoms with Crippen molar-refractivity contribution in [3.63, 3.8) is 0 Å². The third-order valence-electron chi connectivity index (χ3n) is 3.60. The van der Waals surface area contributed by atoms with Gasteiger partial charge in [0.05, 0.1) is 12.0 Å². The van der Waals surface area contributed by atoms with Crippen LogP contribution < -0.4 is 4.74 Å². The molecule has 1 aliphatic rings. The lowest BCUT2D eigenvalue weighted by atomic mass is 9.99. The Labute approximate surface area is 115 Å². The molecule has 0 aromatic heterocycles. The van der Waals surface area contributed by atoms with E-state index in [0.717, 1.165) is 31.7 Å². The minimum Gasteiger partial charge on any atom is -0.497 e. The Morgan fingerprint density at radius 3 is 2.67 bits per heavy atom. The van der Waals surface area contributed by atoms with Gasteiger partial charge in [-0.15, -0.1) is 11.6 Å². The van der Waals surface area contributed by atoms with E-state index < -0.39 is 0 Å². The van der Waals surface area contributed by atoms with E-state index >= 15 is 0 Å². The Hall–Kier alpha value is -0.730. The molecule has 3 heteroatoms. The molecular formula is C15H22ClNO. The molecule has 0 unspecified atom stereocenters. The van der Waals surface area contributed by atoms with E-state index in [-0.39, 0.29) is 4.87 Å². The van der Waals surface area contributed by atoms with Gasteiger partial charge in [-0.1, -0.05) is 12.1 Å². The maximum absolute atomic E-state index is 6.43. The first-order chi connectivity index (χ1) is 8.59. The molecule has 1 saturated heterocycles. The number of rotatable bonds is 4. The number of benzene rings is 1. The summed E-state index contributed by atoms with van der Waals surface area (Å²) >= 11 is 6.43. The number of hydrogen-bond acceptors (Lipinski definition) is 2. The van der Waals surface area contributed by atoms with Gasteiger partial charge in [0.2, 0.25) is 0 Å². The van der Waals surface area contributed by atoms with Gasteiger partial charge in [0.15, 0.2) is 0 Å².